The smallest absolute Gasteiger partial charge is 0.123 e. The minimum absolute atomic E-state index is 0.643. The second-order valence-electron chi connectivity index (χ2n) is 6.16. The van der Waals surface area contributed by atoms with Crippen LogP contribution in [0.5, 0.6) is 5.75 Å². The lowest BCUT2D eigenvalue weighted by Gasteiger charge is -2.14. The third-order valence-electron chi connectivity index (χ3n) is 3.07. The number of ether oxygens (including phenoxy) is 1. The molecule has 0 saturated heterocycles. The molecule has 0 aromatic heterocycles. The normalized spacial score (nSPS) is 11.3. The van der Waals surface area contributed by atoms with E-state index in [-0.39, 0.29) is 0 Å². The summed E-state index contributed by atoms with van der Waals surface area (Å²) in [6, 6.07) is 5.86. The molecule has 0 radical (unpaired) electrons. The number of halogens is 1. The molecule has 0 aliphatic heterocycles. The minimum Gasteiger partial charge on any atom is -0.493 e. The zero-order valence-corrected chi connectivity index (χ0v) is 14.0. The van der Waals surface area contributed by atoms with Gasteiger partial charge in [-0.1, -0.05) is 39.3 Å². The zero-order chi connectivity index (χ0) is 15.0. The van der Waals surface area contributed by atoms with Crippen molar-refractivity contribution in [1.29, 1.82) is 0 Å². The number of nitrogens with one attached hydrogen (secondary N) is 1. The summed E-state index contributed by atoms with van der Waals surface area (Å²) in [5, 5.41) is 4.20. The second kappa shape index (κ2) is 9.25. The van der Waals surface area contributed by atoms with E-state index < -0.39 is 0 Å². The van der Waals surface area contributed by atoms with Crippen molar-refractivity contribution in [2.24, 2.45) is 11.8 Å². The molecule has 2 nitrogen and oxygen atoms in total. The van der Waals surface area contributed by atoms with E-state index in [4.69, 9.17) is 16.3 Å². The SMILES string of the molecule is CC(C)CCCOc1ccc(Cl)cc1CNCC(C)C. The van der Waals surface area contributed by atoms with Gasteiger partial charge in [-0.05, 0) is 49.4 Å². The van der Waals surface area contributed by atoms with Gasteiger partial charge < -0.3 is 10.1 Å². The molecule has 20 heavy (non-hydrogen) atoms. The monoisotopic (exact) mass is 297 g/mol. The molecule has 0 spiro atoms. The van der Waals surface area contributed by atoms with Crippen LogP contribution in [0.1, 0.15) is 46.1 Å². The lowest BCUT2D eigenvalue weighted by Crippen LogP contribution is -2.19. The fraction of sp³-hybridized carbons (Fsp3) is 0.647. The topological polar surface area (TPSA) is 21.3 Å². The van der Waals surface area contributed by atoms with E-state index in [9.17, 15) is 0 Å². The number of rotatable bonds is 9. The van der Waals surface area contributed by atoms with Gasteiger partial charge in [0.25, 0.3) is 0 Å². The summed E-state index contributed by atoms with van der Waals surface area (Å²) in [5.74, 6) is 2.33. The van der Waals surface area contributed by atoms with Gasteiger partial charge in [0.1, 0.15) is 5.75 Å². The Labute approximate surface area is 128 Å². The number of benzene rings is 1. The van der Waals surface area contributed by atoms with Crippen LogP contribution in [0.2, 0.25) is 5.02 Å². The molecule has 0 heterocycles. The van der Waals surface area contributed by atoms with Crippen LogP contribution in [0.25, 0.3) is 0 Å². The molecule has 0 fully saturated rings. The van der Waals surface area contributed by atoms with Gasteiger partial charge in [0.05, 0.1) is 6.61 Å². The average Bonchev–Trinajstić information content (AvgIpc) is 2.36. The van der Waals surface area contributed by atoms with E-state index in [0.717, 1.165) is 48.4 Å². The van der Waals surface area contributed by atoms with Gasteiger partial charge in [0, 0.05) is 17.1 Å². The Bertz CT molecular complexity index is 391. The van der Waals surface area contributed by atoms with Crippen molar-refractivity contribution in [2.75, 3.05) is 13.2 Å². The van der Waals surface area contributed by atoms with Crippen molar-refractivity contribution in [1.82, 2.24) is 5.32 Å². The molecule has 3 heteroatoms. The lowest BCUT2D eigenvalue weighted by molar-refractivity contribution is 0.294. The standard InChI is InChI=1S/C17H28ClNO/c1-13(2)6-5-9-20-17-8-7-16(18)10-15(17)12-19-11-14(3)4/h7-8,10,13-14,19H,5-6,9,11-12H2,1-4H3. The molecule has 0 atom stereocenters. The third kappa shape index (κ3) is 7.16. The highest BCUT2D eigenvalue weighted by molar-refractivity contribution is 6.30. The van der Waals surface area contributed by atoms with Crippen molar-refractivity contribution in [2.45, 2.75) is 47.1 Å². The van der Waals surface area contributed by atoms with Crippen LogP contribution in [0.15, 0.2) is 18.2 Å². The Morgan fingerprint density at radius 2 is 1.90 bits per heavy atom. The maximum absolute atomic E-state index is 6.08. The first-order valence-electron chi connectivity index (χ1n) is 7.61. The van der Waals surface area contributed by atoms with Gasteiger partial charge in [0.2, 0.25) is 0 Å². The first-order valence-corrected chi connectivity index (χ1v) is 7.98. The van der Waals surface area contributed by atoms with Crippen LogP contribution in [0.4, 0.5) is 0 Å². The molecular weight excluding hydrogens is 270 g/mol. The van der Waals surface area contributed by atoms with E-state index in [1.54, 1.807) is 0 Å². The first kappa shape index (κ1) is 17.3. The Hall–Kier alpha value is -0.730. The number of hydrogen-bond acceptors (Lipinski definition) is 2. The summed E-state index contributed by atoms with van der Waals surface area (Å²) in [4.78, 5) is 0. The maximum atomic E-state index is 6.08. The van der Waals surface area contributed by atoms with Crippen LogP contribution in [0.3, 0.4) is 0 Å². The lowest BCUT2D eigenvalue weighted by atomic mass is 10.1. The Morgan fingerprint density at radius 3 is 2.55 bits per heavy atom. The zero-order valence-electron chi connectivity index (χ0n) is 13.2. The first-order chi connectivity index (χ1) is 9.49. The molecule has 0 bridgehead atoms. The van der Waals surface area contributed by atoms with Gasteiger partial charge in [0.15, 0.2) is 0 Å². The molecule has 1 rings (SSSR count). The van der Waals surface area contributed by atoms with E-state index >= 15 is 0 Å². The molecule has 0 unspecified atom stereocenters. The van der Waals surface area contributed by atoms with Crippen molar-refractivity contribution in [3.63, 3.8) is 0 Å². The van der Waals surface area contributed by atoms with Crippen LogP contribution in [0, 0.1) is 11.8 Å². The largest absolute Gasteiger partial charge is 0.493 e. The van der Waals surface area contributed by atoms with E-state index in [0.29, 0.717) is 5.92 Å². The van der Waals surface area contributed by atoms with Gasteiger partial charge in [-0.3, -0.25) is 0 Å². The van der Waals surface area contributed by atoms with Crippen molar-refractivity contribution in [3.8, 4) is 5.75 Å². The summed E-state index contributed by atoms with van der Waals surface area (Å²) >= 11 is 6.08. The van der Waals surface area contributed by atoms with Crippen molar-refractivity contribution in [3.05, 3.63) is 28.8 Å². The van der Waals surface area contributed by atoms with Crippen LogP contribution < -0.4 is 10.1 Å². The van der Waals surface area contributed by atoms with Crippen LogP contribution >= 0.6 is 11.6 Å². The second-order valence-corrected chi connectivity index (χ2v) is 6.60. The van der Waals surface area contributed by atoms with Gasteiger partial charge in [-0.2, -0.15) is 0 Å². The predicted molar refractivity (Wildman–Crippen MR) is 87.6 cm³/mol. The highest BCUT2D eigenvalue weighted by Gasteiger charge is 2.05. The van der Waals surface area contributed by atoms with Crippen molar-refractivity contribution >= 4 is 11.6 Å². The van der Waals surface area contributed by atoms with Crippen LogP contribution in [-0.4, -0.2) is 13.2 Å². The van der Waals surface area contributed by atoms with Gasteiger partial charge in [-0.15, -0.1) is 0 Å². The molecule has 1 aromatic carbocycles. The van der Waals surface area contributed by atoms with Gasteiger partial charge in [-0.25, -0.2) is 0 Å². The summed E-state index contributed by atoms with van der Waals surface area (Å²) in [6.07, 6.45) is 2.30. The molecule has 0 saturated carbocycles. The highest BCUT2D eigenvalue weighted by atomic mass is 35.5. The summed E-state index contributed by atoms with van der Waals surface area (Å²) in [6.45, 7) is 11.5. The average molecular weight is 298 g/mol. The molecule has 1 aromatic rings. The summed E-state index contributed by atoms with van der Waals surface area (Å²) in [5.41, 5.74) is 1.14. The Morgan fingerprint density at radius 1 is 1.15 bits per heavy atom. The predicted octanol–water partition coefficient (Wildman–Crippen LogP) is 4.90. The van der Waals surface area contributed by atoms with Crippen molar-refractivity contribution < 1.29 is 4.74 Å². The summed E-state index contributed by atoms with van der Waals surface area (Å²) in [7, 11) is 0. The quantitative estimate of drug-likeness (QED) is 0.655. The molecule has 0 aliphatic rings. The molecular formula is C17H28ClNO. The Kier molecular flexibility index (Phi) is 8.01. The fourth-order valence-corrected chi connectivity index (χ4v) is 2.19. The Balaban J connectivity index is 2.51. The maximum Gasteiger partial charge on any atom is 0.123 e. The molecule has 1 N–H and O–H groups in total. The third-order valence-corrected chi connectivity index (χ3v) is 3.31. The van der Waals surface area contributed by atoms with Crippen LogP contribution in [-0.2, 0) is 6.54 Å². The molecule has 114 valence electrons. The van der Waals surface area contributed by atoms with E-state index in [1.807, 2.05) is 18.2 Å². The number of hydrogen-bond donors (Lipinski definition) is 1. The fourth-order valence-electron chi connectivity index (χ4n) is 2.00. The van der Waals surface area contributed by atoms with E-state index in [1.165, 1.54) is 6.42 Å². The minimum atomic E-state index is 0.643. The van der Waals surface area contributed by atoms with E-state index in [2.05, 4.69) is 33.0 Å². The highest BCUT2D eigenvalue weighted by Crippen LogP contribution is 2.23. The molecule has 0 aliphatic carbocycles. The summed E-state index contributed by atoms with van der Waals surface area (Å²) < 4.78 is 5.90. The van der Waals surface area contributed by atoms with Gasteiger partial charge >= 0.3 is 0 Å². The molecule has 0 amide bonds.